The third-order valence-corrected chi connectivity index (χ3v) is 8.89. The zero-order chi connectivity index (χ0) is 22.8. The number of thiophene rings is 1. The van der Waals surface area contributed by atoms with Crippen molar-refractivity contribution in [1.82, 2.24) is 9.80 Å². The molecule has 0 radical (unpaired) electrons. The van der Waals surface area contributed by atoms with E-state index in [1.165, 1.54) is 11.1 Å². The van der Waals surface area contributed by atoms with Gasteiger partial charge < -0.3 is 4.90 Å². The van der Waals surface area contributed by atoms with Crippen molar-refractivity contribution in [1.29, 1.82) is 0 Å². The SMILES string of the molecule is Fc1ccc(C2CCN(C[C@H]3CN(Cc4cccc(Cl)c4Cl)C[C@@H]3c3ccsc3)CC2)cc1. The van der Waals surface area contributed by atoms with Crippen LogP contribution in [-0.4, -0.2) is 42.5 Å². The van der Waals surface area contributed by atoms with Crippen molar-refractivity contribution in [2.24, 2.45) is 5.92 Å². The molecule has 2 fully saturated rings. The van der Waals surface area contributed by atoms with Crippen LogP contribution in [0.4, 0.5) is 4.39 Å². The molecule has 0 spiro atoms. The maximum absolute atomic E-state index is 13.3. The number of piperidine rings is 1. The normalized spacial score (nSPS) is 22.8. The highest BCUT2D eigenvalue weighted by atomic mass is 35.5. The highest BCUT2D eigenvalue weighted by Gasteiger charge is 2.36. The summed E-state index contributed by atoms with van der Waals surface area (Å²) >= 11 is 14.5. The van der Waals surface area contributed by atoms with E-state index in [2.05, 4.69) is 32.7 Å². The van der Waals surface area contributed by atoms with Gasteiger partial charge in [-0.1, -0.05) is 47.5 Å². The summed E-state index contributed by atoms with van der Waals surface area (Å²) in [4.78, 5) is 5.18. The smallest absolute Gasteiger partial charge is 0.123 e. The van der Waals surface area contributed by atoms with Crippen LogP contribution in [0.25, 0.3) is 0 Å². The monoisotopic (exact) mass is 502 g/mol. The van der Waals surface area contributed by atoms with Gasteiger partial charge in [-0.3, -0.25) is 4.90 Å². The van der Waals surface area contributed by atoms with Gasteiger partial charge in [-0.05, 0) is 89.5 Å². The Hall–Kier alpha value is -1.43. The first-order valence-electron chi connectivity index (χ1n) is 11.7. The summed E-state index contributed by atoms with van der Waals surface area (Å²) in [6.07, 6.45) is 2.28. The number of halogens is 3. The first kappa shape index (κ1) is 23.3. The molecule has 5 rings (SSSR count). The van der Waals surface area contributed by atoms with E-state index >= 15 is 0 Å². The predicted octanol–water partition coefficient (Wildman–Crippen LogP) is 7.29. The fraction of sp³-hybridized carbons (Fsp3) is 0.407. The highest BCUT2D eigenvalue weighted by Crippen LogP contribution is 2.37. The molecular formula is C27H29Cl2FN2S. The molecule has 6 heteroatoms. The van der Waals surface area contributed by atoms with Crippen molar-refractivity contribution in [3.63, 3.8) is 0 Å². The highest BCUT2D eigenvalue weighted by molar-refractivity contribution is 7.08. The molecule has 0 amide bonds. The van der Waals surface area contributed by atoms with Crippen LogP contribution in [0, 0.1) is 11.7 Å². The van der Waals surface area contributed by atoms with Gasteiger partial charge in [-0.15, -0.1) is 0 Å². The number of nitrogens with zero attached hydrogens (tertiary/aromatic N) is 2. The van der Waals surface area contributed by atoms with Crippen molar-refractivity contribution < 1.29 is 4.39 Å². The lowest BCUT2D eigenvalue weighted by Gasteiger charge is -2.34. The number of rotatable bonds is 6. The van der Waals surface area contributed by atoms with Crippen LogP contribution in [-0.2, 0) is 6.54 Å². The van der Waals surface area contributed by atoms with E-state index in [4.69, 9.17) is 23.2 Å². The molecule has 0 bridgehead atoms. The third kappa shape index (κ3) is 5.47. The topological polar surface area (TPSA) is 6.48 Å². The van der Waals surface area contributed by atoms with Gasteiger partial charge in [0, 0.05) is 32.1 Å². The Morgan fingerprint density at radius 3 is 2.42 bits per heavy atom. The summed E-state index contributed by atoms with van der Waals surface area (Å²) < 4.78 is 13.3. The summed E-state index contributed by atoms with van der Waals surface area (Å²) in [7, 11) is 0. The van der Waals surface area contributed by atoms with E-state index < -0.39 is 0 Å². The standard InChI is InChI=1S/C27H29Cl2FN2S/c28-26-3-1-2-21(27(26)29)14-32-16-23(25(17-32)22-10-13-33-18-22)15-31-11-8-20(9-12-31)19-4-6-24(30)7-5-19/h1-7,10,13,18,20,23,25H,8-9,11-12,14-17H2/t23-,25+/m0/s1. The van der Waals surface area contributed by atoms with E-state index in [-0.39, 0.29) is 5.82 Å². The van der Waals surface area contributed by atoms with E-state index in [1.807, 2.05) is 24.3 Å². The molecule has 1 aromatic heterocycles. The fourth-order valence-corrected chi connectivity index (χ4v) is 6.67. The molecular weight excluding hydrogens is 474 g/mol. The summed E-state index contributed by atoms with van der Waals surface area (Å²) in [5, 5.41) is 5.81. The van der Waals surface area contributed by atoms with E-state index in [9.17, 15) is 4.39 Å². The number of hydrogen-bond acceptors (Lipinski definition) is 3. The molecule has 2 aliphatic heterocycles. The van der Waals surface area contributed by atoms with Crippen molar-refractivity contribution >= 4 is 34.5 Å². The first-order chi connectivity index (χ1) is 16.1. The minimum atomic E-state index is -0.152. The molecule has 2 atom stereocenters. The van der Waals surface area contributed by atoms with Crippen LogP contribution in [0.3, 0.4) is 0 Å². The molecule has 174 valence electrons. The number of benzene rings is 2. The molecule has 0 saturated carbocycles. The minimum Gasteiger partial charge on any atom is -0.303 e. The van der Waals surface area contributed by atoms with E-state index in [0.717, 1.165) is 57.7 Å². The zero-order valence-electron chi connectivity index (χ0n) is 18.6. The van der Waals surface area contributed by atoms with Crippen molar-refractivity contribution in [2.75, 3.05) is 32.7 Å². The number of likely N-dealkylation sites (tertiary alicyclic amines) is 2. The van der Waals surface area contributed by atoms with Gasteiger partial charge in [0.25, 0.3) is 0 Å². The van der Waals surface area contributed by atoms with Crippen LogP contribution in [0.2, 0.25) is 10.0 Å². The minimum absolute atomic E-state index is 0.152. The first-order valence-corrected chi connectivity index (χ1v) is 13.4. The summed E-state index contributed by atoms with van der Waals surface area (Å²) in [6.45, 7) is 6.29. The van der Waals surface area contributed by atoms with E-state index in [1.54, 1.807) is 23.5 Å². The third-order valence-electron chi connectivity index (χ3n) is 7.34. The lowest BCUT2D eigenvalue weighted by Crippen LogP contribution is -2.38. The zero-order valence-corrected chi connectivity index (χ0v) is 20.9. The molecule has 33 heavy (non-hydrogen) atoms. The number of hydrogen-bond donors (Lipinski definition) is 0. The second-order valence-corrected chi connectivity index (χ2v) is 11.0. The Labute approximate surface area is 209 Å². The van der Waals surface area contributed by atoms with Gasteiger partial charge in [-0.2, -0.15) is 11.3 Å². The van der Waals surface area contributed by atoms with Crippen molar-refractivity contribution in [3.8, 4) is 0 Å². The van der Waals surface area contributed by atoms with Gasteiger partial charge in [-0.25, -0.2) is 4.39 Å². The van der Waals surface area contributed by atoms with Gasteiger partial charge >= 0.3 is 0 Å². The quantitative estimate of drug-likeness (QED) is 0.349. The Kier molecular flexibility index (Phi) is 7.39. The average Bonchev–Trinajstić information content (AvgIpc) is 3.48. The molecule has 3 aromatic rings. The Balaban J connectivity index is 1.23. The lowest BCUT2D eigenvalue weighted by molar-refractivity contribution is 0.177. The largest absolute Gasteiger partial charge is 0.303 e. The van der Waals surface area contributed by atoms with Crippen LogP contribution in [0.1, 0.15) is 41.4 Å². The maximum atomic E-state index is 13.3. The van der Waals surface area contributed by atoms with Crippen LogP contribution < -0.4 is 0 Å². The fourth-order valence-electron chi connectivity index (χ4n) is 5.57. The summed E-state index contributed by atoms with van der Waals surface area (Å²) in [5.41, 5.74) is 3.84. The molecule has 3 heterocycles. The Morgan fingerprint density at radius 1 is 0.909 bits per heavy atom. The van der Waals surface area contributed by atoms with Crippen molar-refractivity contribution in [2.45, 2.75) is 31.2 Å². The Bertz CT molecular complexity index is 1050. The molecule has 2 nitrogen and oxygen atoms in total. The Morgan fingerprint density at radius 2 is 1.70 bits per heavy atom. The van der Waals surface area contributed by atoms with Crippen molar-refractivity contribution in [3.05, 3.63) is 91.8 Å². The van der Waals surface area contributed by atoms with Gasteiger partial charge in [0.05, 0.1) is 10.0 Å². The maximum Gasteiger partial charge on any atom is 0.123 e. The second-order valence-electron chi connectivity index (χ2n) is 9.46. The molecule has 0 N–H and O–H groups in total. The van der Waals surface area contributed by atoms with Crippen LogP contribution in [0.15, 0.2) is 59.3 Å². The summed E-state index contributed by atoms with van der Waals surface area (Å²) in [5.74, 6) is 1.53. The summed E-state index contributed by atoms with van der Waals surface area (Å²) in [6, 6.07) is 15.3. The van der Waals surface area contributed by atoms with Crippen LogP contribution >= 0.6 is 34.5 Å². The van der Waals surface area contributed by atoms with Crippen LogP contribution in [0.5, 0.6) is 0 Å². The molecule has 0 unspecified atom stereocenters. The molecule has 2 saturated heterocycles. The predicted molar refractivity (Wildman–Crippen MR) is 137 cm³/mol. The van der Waals surface area contributed by atoms with Gasteiger partial charge in [0.15, 0.2) is 0 Å². The molecule has 0 aliphatic carbocycles. The lowest BCUT2D eigenvalue weighted by atomic mass is 9.87. The second kappa shape index (κ2) is 10.5. The molecule has 2 aliphatic rings. The van der Waals surface area contributed by atoms with Gasteiger partial charge in [0.1, 0.15) is 5.82 Å². The van der Waals surface area contributed by atoms with E-state index in [0.29, 0.717) is 27.8 Å². The van der Waals surface area contributed by atoms with Gasteiger partial charge in [0.2, 0.25) is 0 Å². The average molecular weight is 504 g/mol. The molecule has 2 aromatic carbocycles.